The molecular weight excluding hydrogens is 537 g/mol. The third-order valence-corrected chi connectivity index (χ3v) is 6.89. The van der Waals surface area contributed by atoms with E-state index in [-0.39, 0.29) is 33.9 Å². The van der Waals surface area contributed by atoms with Gasteiger partial charge in [0.2, 0.25) is 5.43 Å². The first kappa shape index (κ1) is 26.2. The number of rotatable bonds is 5. The molecule has 0 radical (unpaired) electrons. The van der Waals surface area contributed by atoms with Crippen molar-refractivity contribution in [1.82, 2.24) is 25.2 Å². The largest absolute Gasteiger partial charge is 0.489 e. The van der Waals surface area contributed by atoms with Crippen molar-refractivity contribution in [2.24, 2.45) is 0 Å². The number of amides is 3. The predicted molar refractivity (Wildman–Crippen MR) is 139 cm³/mol. The molecule has 1 aromatic carbocycles. The van der Waals surface area contributed by atoms with Gasteiger partial charge >= 0.3 is 12.2 Å². The number of nitrogens with zero attached hydrogens (tertiary/aromatic N) is 3. The van der Waals surface area contributed by atoms with Crippen molar-refractivity contribution in [1.29, 1.82) is 0 Å². The minimum Gasteiger partial charge on any atom is -0.489 e. The van der Waals surface area contributed by atoms with E-state index in [1.54, 1.807) is 23.6 Å². The van der Waals surface area contributed by atoms with Gasteiger partial charge in [-0.2, -0.15) is 13.2 Å². The van der Waals surface area contributed by atoms with Crippen LogP contribution in [0.25, 0.3) is 32.6 Å². The van der Waals surface area contributed by atoms with Gasteiger partial charge < -0.3 is 19.9 Å². The molecule has 5 rings (SSSR count). The Labute approximate surface area is 222 Å². The lowest BCUT2D eigenvalue weighted by atomic mass is 9.98. The third kappa shape index (κ3) is 4.90. The Bertz CT molecular complexity index is 1680. The van der Waals surface area contributed by atoms with E-state index >= 15 is 0 Å². The van der Waals surface area contributed by atoms with Crippen LogP contribution in [0.15, 0.2) is 40.8 Å². The van der Waals surface area contributed by atoms with E-state index in [1.165, 1.54) is 25.5 Å². The summed E-state index contributed by atoms with van der Waals surface area (Å²) in [5, 5.41) is 8.70. The van der Waals surface area contributed by atoms with Crippen molar-refractivity contribution in [2.45, 2.75) is 19.6 Å². The molecule has 0 bridgehead atoms. The SMILES string of the molecule is CCNC(=O)Nc1cc(-c2nc(C(F)(F)F)cs2)c(-c2cc3c4c(c2)c(=O)c(C(=O)NC)cn4CCO3)cn1. The molecule has 39 heavy (non-hydrogen) atoms. The van der Waals surface area contributed by atoms with Crippen LogP contribution in [0, 0.1) is 0 Å². The molecule has 0 saturated carbocycles. The van der Waals surface area contributed by atoms with E-state index < -0.39 is 29.2 Å². The summed E-state index contributed by atoms with van der Waals surface area (Å²) >= 11 is 0.779. The number of thiazole rings is 1. The van der Waals surface area contributed by atoms with Gasteiger partial charge in [0.15, 0.2) is 5.69 Å². The first-order chi connectivity index (χ1) is 18.6. The number of carbonyl (C=O) groups excluding carboxylic acids is 2. The Kier molecular flexibility index (Phi) is 6.72. The van der Waals surface area contributed by atoms with Crippen molar-refractivity contribution in [3.63, 3.8) is 0 Å². The summed E-state index contributed by atoms with van der Waals surface area (Å²) in [7, 11) is 1.42. The molecule has 0 spiro atoms. The van der Waals surface area contributed by atoms with Crippen LogP contribution < -0.4 is 26.1 Å². The standard InChI is InChI=1S/C25H21F3N6O4S/c1-3-30-24(37)33-19-8-13(23-32-18(11-39-23)25(26,27)28)15(9-31-19)12-6-14-20-17(7-12)38-5-4-34(20)10-16(21(14)35)22(36)29-2/h6-11H,3-5H2,1-2H3,(H,29,36)(H2,30,31,33,37). The number of anilines is 1. The van der Waals surface area contributed by atoms with E-state index in [0.717, 1.165) is 16.7 Å². The zero-order valence-electron chi connectivity index (χ0n) is 20.6. The highest BCUT2D eigenvalue weighted by Crippen LogP contribution is 2.41. The maximum Gasteiger partial charge on any atom is 0.434 e. The fourth-order valence-electron chi connectivity index (χ4n) is 4.27. The first-order valence-electron chi connectivity index (χ1n) is 11.7. The topological polar surface area (TPSA) is 127 Å². The van der Waals surface area contributed by atoms with Gasteiger partial charge in [0.05, 0.1) is 17.4 Å². The van der Waals surface area contributed by atoms with Crippen LogP contribution in [0.2, 0.25) is 0 Å². The molecule has 3 amide bonds. The number of hydrogen-bond donors (Lipinski definition) is 3. The highest BCUT2D eigenvalue weighted by Gasteiger charge is 2.34. The summed E-state index contributed by atoms with van der Waals surface area (Å²) in [4.78, 5) is 45.8. The van der Waals surface area contributed by atoms with Crippen molar-refractivity contribution in [3.8, 4) is 27.4 Å². The number of aromatic nitrogens is 3. The second-order valence-electron chi connectivity index (χ2n) is 8.50. The van der Waals surface area contributed by atoms with Crippen molar-refractivity contribution in [3.05, 3.63) is 57.5 Å². The van der Waals surface area contributed by atoms with E-state index in [9.17, 15) is 27.6 Å². The minimum atomic E-state index is -4.65. The molecular formula is C25H21F3N6O4S. The van der Waals surface area contributed by atoms with Gasteiger partial charge in [0, 0.05) is 42.5 Å². The average Bonchev–Trinajstić information content (AvgIpc) is 3.41. The third-order valence-electron chi connectivity index (χ3n) is 6.02. The van der Waals surface area contributed by atoms with Gasteiger partial charge in [-0.15, -0.1) is 11.3 Å². The van der Waals surface area contributed by atoms with Gasteiger partial charge in [0.25, 0.3) is 5.91 Å². The second-order valence-corrected chi connectivity index (χ2v) is 9.36. The number of hydrogen-bond acceptors (Lipinski definition) is 7. The molecule has 4 aromatic rings. The monoisotopic (exact) mass is 558 g/mol. The Morgan fingerprint density at radius 1 is 1.21 bits per heavy atom. The Morgan fingerprint density at radius 3 is 2.69 bits per heavy atom. The molecule has 0 fully saturated rings. The van der Waals surface area contributed by atoms with Crippen molar-refractivity contribution >= 4 is 40.0 Å². The van der Waals surface area contributed by atoms with Crippen LogP contribution in [-0.2, 0) is 12.7 Å². The Morgan fingerprint density at radius 2 is 2.00 bits per heavy atom. The van der Waals surface area contributed by atoms with Crippen molar-refractivity contribution < 1.29 is 27.5 Å². The first-order valence-corrected chi connectivity index (χ1v) is 12.6. The lowest BCUT2D eigenvalue weighted by Crippen LogP contribution is -2.29. The van der Waals surface area contributed by atoms with Crippen LogP contribution in [0.4, 0.5) is 23.8 Å². The average molecular weight is 559 g/mol. The summed E-state index contributed by atoms with van der Waals surface area (Å²) in [5.41, 5.74) is -0.117. The van der Waals surface area contributed by atoms with Crippen molar-refractivity contribution in [2.75, 3.05) is 25.5 Å². The van der Waals surface area contributed by atoms with Crippen LogP contribution in [0.5, 0.6) is 5.75 Å². The number of carbonyl (C=O) groups is 2. The minimum absolute atomic E-state index is 0.0323. The van der Waals surface area contributed by atoms with Gasteiger partial charge in [-0.05, 0) is 30.7 Å². The normalized spacial score (nSPS) is 12.6. The predicted octanol–water partition coefficient (Wildman–Crippen LogP) is 4.10. The Balaban J connectivity index is 1.73. The van der Waals surface area contributed by atoms with E-state index in [1.807, 2.05) is 0 Å². The van der Waals surface area contributed by atoms with Crippen LogP contribution in [-0.4, -0.2) is 46.7 Å². The molecule has 4 heterocycles. The zero-order chi connectivity index (χ0) is 27.9. The Hall–Kier alpha value is -4.46. The van der Waals surface area contributed by atoms with E-state index in [0.29, 0.717) is 35.5 Å². The molecule has 3 aromatic heterocycles. The summed E-state index contributed by atoms with van der Waals surface area (Å²) in [5.74, 6) is -0.0827. The summed E-state index contributed by atoms with van der Waals surface area (Å²) in [6.07, 6.45) is -1.78. The molecule has 14 heteroatoms. The maximum absolute atomic E-state index is 13.4. The van der Waals surface area contributed by atoms with Crippen LogP contribution in [0.3, 0.4) is 0 Å². The summed E-state index contributed by atoms with van der Waals surface area (Å²) in [6.45, 7) is 2.78. The zero-order valence-corrected chi connectivity index (χ0v) is 21.4. The number of benzene rings is 1. The summed E-state index contributed by atoms with van der Waals surface area (Å²) < 4.78 is 47.6. The fraction of sp³-hybridized carbons (Fsp3) is 0.240. The molecule has 10 nitrogen and oxygen atoms in total. The number of pyridine rings is 2. The number of nitrogens with one attached hydrogen (secondary N) is 3. The highest BCUT2D eigenvalue weighted by molar-refractivity contribution is 7.13. The number of halogens is 3. The second kappa shape index (κ2) is 10.0. The molecule has 0 atom stereocenters. The molecule has 1 aliphatic rings. The smallest absolute Gasteiger partial charge is 0.434 e. The van der Waals surface area contributed by atoms with E-state index in [4.69, 9.17) is 4.74 Å². The molecule has 0 saturated heterocycles. The molecule has 1 aliphatic heterocycles. The fourth-order valence-corrected chi connectivity index (χ4v) is 5.13. The van der Waals surface area contributed by atoms with Gasteiger partial charge in [-0.3, -0.25) is 14.9 Å². The number of alkyl halides is 3. The molecule has 202 valence electrons. The van der Waals surface area contributed by atoms with Gasteiger partial charge in [0.1, 0.15) is 28.7 Å². The number of urea groups is 1. The highest BCUT2D eigenvalue weighted by atomic mass is 32.1. The number of ether oxygens (including phenoxy) is 1. The van der Waals surface area contributed by atoms with Gasteiger partial charge in [-0.1, -0.05) is 0 Å². The lowest BCUT2D eigenvalue weighted by Gasteiger charge is -2.22. The van der Waals surface area contributed by atoms with Crippen LogP contribution in [0.1, 0.15) is 23.0 Å². The van der Waals surface area contributed by atoms with Crippen LogP contribution >= 0.6 is 11.3 Å². The van der Waals surface area contributed by atoms with Gasteiger partial charge in [-0.25, -0.2) is 14.8 Å². The van der Waals surface area contributed by atoms with E-state index in [2.05, 4.69) is 25.9 Å². The molecule has 0 aliphatic carbocycles. The molecule has 0 unspecified atom stereocenters. The quantitative estimate of drug-likeness (QED) is 0.339. The maximum atomic E-state index is 13.4. The molecule has 3 N–H and O–H groups in total. The summed E-state index contributed by atoms with van der Waals surface area (Å²) in [6, 6.07) is 4.09. The lowest BCUT2D eigenvalue weighted by molar-refractivity contribution is -0.140.